The van der Waals surface area contributed by atoms with E-state index in [4.69, 9.17) is 10.5 Å². The van der Waals surface area contributed by atoms with E-state index in [0.717, 1.165) is 31.8 Å². The van der Waals surface area contributed by atoms with E-state index in [1.54, 1.807) is 0 Å². The van der Waals surface area contributed by atoms with Crippen LogP contribution in [0.5, 0.6) is 0 Å². The van der Waals surface area contributed by atoms with Gasteiger partial charge in [-0.15, -0.1) is 0 Å². The molecule has 5 nitrogen and oxygen atoms in total. The van der Waals surface area contributed by atoms with E-state index in [0.29, 0.717) is 31.0 Å². The number of urea groups is 1. The number of carbonyl (C=O) groups is 1. The highest BCUT2D eigenvalue weighted by Gasteiger charge is 2.56. The zero-order valence-electron chi connectivity index (χ0n) is 14.2. The van der Waals surface area contributed by atoms with Crippen molar-refractivity contribution in [3.63, 3.8) is 0 Å². The first-order valence-electron chi connectivity index (χ1n) is 9.19. The van der Waals surface area contributed by atoms with E-state index in [1.165, 1.54) is 19.3 Å². The van der Waals surface area contributed by atoms with Crippen LogP contribution in [-0.4, -0.2) is 37.4 Å². The Morgan fingerprint density at radius 2 is 2.00 bits per heavy atom. The van der Waals surface area contributed by atoms with Crippen molar-refractivity contribution in [2.24, 2.45) is 23.5 Å². The second-order valence-corrected chi connectivity index (χ2v) is 7.59. The van der Waals surface area contributed by atoms with Crippen LogP contribution in [0.4, 0.5) is 4.79 Å². The molecule has 4 N–H and O–H groups in total. The predicted molar refractivity (Wildman–Crippen MR) is 91.0 cm³/mol. The van der Waals surface area contributed by atoms with Gasteiger partial charge >= 0.3 is 6.03 Å². The second kappa shape index (κ2) is 7.22. The lowest BCUT2D eigenvalue weighted by Crippen LogP contribution is -2.63. The Labute approximate surface area is 139 Å². The molecule has 0 saturated heterocycles. The minimum absolute atomic E-state index is 0.0485. The van der Waals surface area contributed by atoms with Crippen molar-refractivity contribution < 1.29 is 9.53 Å². The summed E-state index contributed by atoms with van der Waals surface area (Å²) in [6.45, 7) is 4.10. The van der Waals surface area contributed by atoms with Gasteiger partial charge in [0, 0.05) is 25.7 Å². The van der Waals surface area contributed by atoms with E-state index in [-0.39, 0.29) is 11.6 Å². The van der Waals surface area contributed by atoms with E-state index < -0.39 is 0 Å². The van der Waals surface area contributed by atoms with Crippen LogP contribution in [0, 0.1) is 17.8 Å². The molecular weight excluding hydrogens is 290 g/mol. The molecule has 5 heteroatoms. The Bertz CT molecular complexity index is 436. The number of amides is 2. The van der Waals surface area contributed by atoms with Gasteiger partial charge in [0.15, 0.2) is 0 Å². The molecule has 0 spiro atoms. The highest BCUT2D eigenvalue weighted by atomic mass is 16.5. The monoisotopic (exact) mass is 321 g/mol. The molecule has 130 valence electrons. The lowest BCUT2D eigenvalue weighted by molar-refractivity contribution is -0.171. The molecule has 4 rings (SSSR count). The van der Waals surface area contributed by atoms with Gasteiger partial charge in [0.25, 0.3) is 0 Å². The first-order chi connectivity index (χ1) is 11.2. The SMILES string of the molecule is CCCOC12CC3CC(C1)C(NC(=O)NC/C=C/CN)C(C3)C2. The first-order valence-corrected chi connectivity index (χ1v) is 9.19. The molecule has 4 aliphatic rings. The van der Waals surface area contributed by atoms with Crippen LogP contribution in [0.1, 0.15) is 45.4 Å². The smallest absolute Gasteiger partial charge is 0.315 e. The maximum atomic E-state index is 12.1. The molecule has 0 aromatic rings. The van der Waals surface area contributed by atoms with E-state index >= 15 is 0 Å². The highest BCUT2D eigenvalue weighted by Crippen LogP contribution is 2.57. The number of hydrogen-bond acceptors (Lipinski definition) is 3. The van der Waals surface area contributed by atoms with Crippen molar-refractivity contribution in [3.05, 3.63) is 12.2 Å². The van der Waals surface area contributed by atoms with Crippen molar-refractivity contribution in [2.75, 3.05) is 19.7 Å². The van der Waals surface area contributed by atoms with Gasteiger partial charge in [-0.2, -0.15) is 0 Å². The number of rotatable bonds is 7. The van der Waals surface area contributed by atoms with Crippen molar-refractivity contribution in [3.8, 4) is 0 Å². The zero-order chi connectivity index (χ0) is 16.3. The van der Waals surface area contributed by atoms with Gasteiger partial charge in [-0.05, 0) is 56.3 Å². The summed E-state index contributed by atoms with van der Waals surface area (Å²) in [6, 6.07) is 0.274. The van der Waals surface area contributed by atoms with Gasteiger partial charge in [0.2, 0.25) is 0 Å². The van der Waals surface area contributed by atoms with Gasteiger partial charge in [-0.25, -0.2) is 4.79 Å². The molecule has 4 aliphatic carbocycles. The summed E-state index contributed by atoms with van der Waals surface area (Å²) in [5.41, 5.74) is 5.51. The summed E-state index contributed by atoms with van der Waals surface area (Å²) in [5.74, 6) is 1.98. The molecule has 0 aromatic carbocycles. The Hall–Kier alpha value is -1.07. The van der Waals surface area contributed by atoms with Gasteiger partial charge in [-0.1, -0.05) is 19.1 Å². The second-order valence-electron chi connectivity index (χ2n) is 7.59. The zero-order valence-corrected chi connectivity index (χ0v) is 14.2. The summed E-state index contributed by atoms with van der Waals surface area (Å²) in [6.07, 6.45) is 10.8. The minimum atomic E-state index is -0.0485. The third-order valence-electron chi connectivity index (χ3n) is 5.81. The van der Waals surface area contributed by atoms with Crippen molar-refractivity contribution >= 4 is 6.03 Å². The molecule has 4 fully saturated rings. The Morgan fingerprint density at radius 1 is 1.26 bits per heavy atom. The summed E-state index contributed by atoms with van der Waals surface area (Å²) in [5, 5.41) is 6.14. The average molecular weight is 321 g/mol. The Kier molecular flexibility index (Phi) is 5.27. The van der Waals surface area contributed by atoms with Gasteiger partial charge < -0.3 is 21.1 Å². The number of carbonyl (C=O) groups excluding carboxylic acids is 1. The fourth-order valence-electron chi connectivity index (χ4n) is 5.21. The molecule has 0 heterocycles. The maximum Gasteiger partial charge on any atom is 0.315 e. The Balaban J connectivity index is 1.55. The molecule has 4 saturated carbocycles. The van der Waals surface area contributed by atoms with Gasteiger partial charge in [-0.3, -0.25) is 0 Å². The highest BCUT2D eigenvalue weighted by molar-refractivity contribution is 5.74. The quantitative estimate of drug-likeness (QED) is 0.629. The third kappa shape index (κ3) is 3.72. The van der Waals surface area contributed by atoms with E-state index in [1.807, 2.05) is 12.2 Å². The fraction of sp³-hybridized carbons (Fsp3) is 0.833. The average Bonchev–Trinajstić information content (AvgIpc) is 2.52. The lowest BCUT2D eigenvalue weighted by atomic mass is 9.52. The molecule has 0 aromatic heterocycles. The minimum Gasteiger partial charge on any atom is -0.375 e. The molecule has 23 heavy (non-hydrogen) atoms. The summed E-state index contributed by atoms with van der Waals surface area (Å²) < 4.78 is 6.29. The van der Waals surface area contributed by atoms with Crippen LogP contribution >= 0.6 is 0 Å². The number of ether oxygens (including phenoxy) is 1. The lowest BCUT2D eigenvalue weighted by Gasteiger charge is -2.59. The topological polar surface area (TPSA) is 76.4 Å². The number of nitrogens with two attached hydrogens (primary N) is 1. The van der Waals surface area contributed by atoms with Crippen molar-refractivity contribution in [2.45, 2.75) is 57.1 Å². The predicted octanol–water partition coefficient (Wildman–Crippen LogP) is 2.17. The van der Waals surface area contributed by atoms with E-state index in [9.17, 15) is 4.79 Å². The molecule has 2 unspecified atom stereocenters. The molecule has 0 aliphatic heterocycles. The first kappa shape index (κ1) is 16.8. The standard InChI is InChI=1S/C18H31N3O2/c1-2-7-23-18-10-13-8-14(11-18)16(15(9-13)12-18)21-17(22)20-6-4-3-5-19/h3-4,13-16H,2,5-12,19H2,1H3,(H2,20,21,22)/b4-3+. The van der Waals surface area contributed by atoms with Crippen molar-refractivity contribution in [1.29, 1.82) is 0 Å². The van der Waals surface area contributed by atoms with Crippen molar-refractivity contribution in [1.82, 2.24) is 10.6 Å². The van der Waals surface area contributed by atoms with Crippen LogP contribution in [0.2, 0.25) is 0 Å². The van der Waals surface area contributed by atoms with E-state index in [2.05, 4.69) is 17.6 Å². The van der Waals surface area contributed by atoms with Gasteiger partial charge in [0.05, 0.1) is 5.60 Å². The normalized spacial score (nSPS) is 38.2. The third-order valence-corrected chi connectivity index (χ3v) is 5.81. The van der Waals surface area contributed by atoms with Crippen LogP contribution < -0.4 is 16.4 Å². The number of hydrogen-bond donors (Lipinski definition) is 3. The summed E-state index contributed by atoms with van der Waals surface area (Å²) in [4.78, 5) is 12.1. The van der Waals surface area contributed by atoms with Crippen LogP contribution in [0.25, 0.3) is 0 Å². The summed E-state index contributed by atoms with van der Waals surface area (Å²) >= 11 is 0. The van der Waals surface area contributed by atoms with Crippen LogP contribution in [0.3, 0.4) is 0 Å². The fourth-order valence-corrected chi connectivity index (χ4v) is 5.21. The molecule has 2 atom stereocenters. The Morgan fingerprint density at radius 3 is 2.65 bits per heavy atom. The van der Waals surface area contributed by atoms with Gasteiger partial charge in [0.1, 0.15) is 0 Å². The maximum absolute atomic E-state index is 12.1. The van der Waals surface area contributed by atoms with Crippen LogP contribution in [-0.2, 0) is 4.74 Å². The molecule has 2 amide bonds. The molecule has 0 radical (unpaired) electrons. The molecule has 4 bridgehead atoms. The number of nitrogens with one attached hydrogen (secondary N) is 2. The summed E-state index contributed by atoms with van der Waals surface area (Å²) in [7, 11) is 0. The largest absolute Gasteiger partial charge is 0.375 e. The molecular formula is C18H31N3O2. The van der Waals surface area contributed by atoms with Crippen LogP contribution in [0.15, 0.2) is 12.2 Å².